The Morgan fingerprint density at radius 1 is 1.38 bits per heavy atom. The first-order chi connectivity index (χ1) is 16.0. The predicted molar refractivity (Wildman–Crippen MR) is 122 cm³/mol. The standard InChI is InChI=1S/C24H32F3N5O2/c1-4-34-23(24(25,26)27)19(17-7-10-29-11-8-17)20(32-12-9-22(3,28)14-32)18(13-30-23)21(33)31-15(2)16-5-6-16/h7-8,10-11,13,15-16,30H,4-6,9,12,14,28H2,1-3H3,(H,31,33)/t15?,22-,23?/m0/s1. The molecule has 2 aliphatic heterocycles. The van der Waals surface area contributed by atoms with Crippen LogP contribution in [0.2, 0.25) is 0 Å². The Kier molecular flexibility index (Phi) is 6.41. The SMILES string of the molecule is CCOC1(C(F)(F)F)NC=C(C(=O)NC(C)C2CC2)C(N2CC[C@](C)(N)C2)=C1c1ccncc1. The number of pyridine rings is 1. The summed E-state index contributed by atoms with van der Waals surface area (Å²) in [5, 5.41) is 5.42. The summed E-state index contributed by atoms with van der Waals surface area (Å²) in [5.74, 6) is -0.0311. The van der Waals surface area contributed by atoms with E-state index in [1.54, 1.807) is 4.90 Å². The van der Waals surface area contributed by atoms with Crippen molar-refractivity contribution < 1.29 is 22.7 Å². The molecule has 4 rings (SSSR count). The van der Waals surface area contributed by atoms with Crippen molar-refractivity contribution in [3.63, 3.8) is 0 Å². The number of carbonyl (C=O) groups excluding carboxylic acids is 1. The van der Waals surface area contributed by atoms with Crippen molar-refractivity contribution in [2.75, 3.05) is 19.7 Å². The van der Waals surface area contributed by atoms with Crippen molar-refractivity contribution in [1.29, 1.82) is 0 Å². The lowest BCUT2D eigenvalue weighted by Crippen LogP contribution is -2.61. The van der Waals surface area contributed by atoms with Crippen molar-refractivity contribution >= 4 is 11.5 Å². The van der Waals surface area contributed by atoms with Crippen LogP contribution in [0.4, 0.5) is 13.2 Å². The van der Waals surface area contributed by atoms with E-state index in [2.05, 4.69) is 15.6 Å². The first kappa shape index (κ1) is 24.5. The van der Waals surface area contributed by atoms with Crippen molar-refractivity contribution in [2.24, 2.45) is 11.7 Å². The van der Waals surface area contributed by atoms with Crippen LogP contribution in [0.5, 0.6) is 0 Å². The lowest BCUT2D eigenvalue weighted by molar-refractivity contribution is -0.260. The number of nitrogens with zero attached hydrogens (tertiary/aromatic N) is 2. The van der Waals surface area contributed by atoms with Gasteiger partial charge >= 0.3 is 6.18 Å². The van der Waals surface area contributed by atoms with E-state index in [4.69, 9.17) is 10.5 Å². The Morgan fingerprint density at radius 2 is 2.06 bits per heavy atom. The van der Waals surface area contributed by atoms with E-state index in [9.17, 15) is 18.0 Å². The molecule has 0 bridgehead atoms. The highest BCUT2D eigenvalue weighted by Gasteiger charge is 2.62. The van der Waals surface area contributed by atoms with Gasteiger partial charge < -0.3 is 26.0 Å². The molecule has 0 spiro atoms. The fraction of sp³-hybridized carbons (Fsp3) is 0.583. The Balaban J connectivity index is 1.92. The van der Waals surface area contributed by atoms with E-state index in [0.717, 1.165) is 19.0 Å². The summed E-state index contributed by atoms with van der Waals surface area (Å²) < 4.78 is 49.8. The average Bonchev–Trinajstić information content (AvgIpc) is 3.56. The van der Waals surface area contributed by atoms with E-state index in [0.29, 0.717) is 25.4 Å². The van der Waals surface area contributed by atoms with Gasteiger partial charge in [0.2, 0.25) is 0 Å². The lowest BCUT2D eigenvalue weighted by atomic mass is 9.86. The van der Waals surface area contributed by atoms with Gasteiger partial charge in [0.1, 0.15) is 0 Å². The number of aromatic nitrogens is 1. The number of alkyl halides is 3. The summed E-state index contributed by atoms with van der Waals surface area (Å²) in [5.41, 5.74) is 3.35. The number of hydrogen-bond acceptors (Lipinski definition) is 6. The zero-order valence-electron chi connectivity index (χ0n) is 19.7. The third-order valence-electron chi connectivity index (χ3n) is 6.75. The normalized spacial score (nSPS) is 28.4. The summed E-state index contributed by atoms with van der Waals surface area (Å²) >= 11 is 0. The molecule has 1 saturated heterocycles. The van der Waals surface area contributed by atoms with E-state index in [1.807, 2.05) is 13.8 Å². The number of hydrogen-bond donors (Lipinski definition) is 3. The molecule has 3 heterocycles. The third kappa shape index (κ3) is 4.53. The number of nitrogens with one attached hydrogen (secondary N) is 2. The molecule has 2 fully saturated rings. The zero-order chi connectivity index (χ0) is 24.7. The number of likely N-dealkylation sites (tertiary alicyclic amines) is 1. The van der Waals surface area contributed by atoms with Gasteiger partial charge in [-0.1, -0.05) is 0 Å². The van der Waals surface area contributed by atoms with Crippen LogP contribution in [-0.2, 0) is 9.53 Å². The molecule has 1 aliphatic carbocycles. The molecule has 1 saturated carbocycles. The molecule has 1 aromatic heterocycles. The van der Waals surface area contributed by atoms with Crippen LogP contribution in [0.15, 0.2) is 42.0 Å². The van der Waals surface area contributed by atoms with Crippen LogP contribution in [0.1, 0.15) is 45.6 Å². The molecular formula is C24H32F3N5O2. The number of halogens is 3. The van der Waals surface area contributed by atoms with Crippen LogP contribution in [-0.4, -0.2) is 59.0 Å². The van der Waals surface area contributed by atoms with Gasteiger partial charge in [0, 0.05) is 55.4 Å². The summed E-state index contributed by atoms with van der Waals surface area (Å²) in [7, 11) is 0. The van der Waals surface area contributed by atoms with Crippen molar-refractivity contribution in [1.82, 2.24) is 20.5 Å². The molecule has 0 radical (unpaired) electrons. The van der Waals surface area contributed by atoms with Crippen LogP contribution < -0.4 is 16.4 Å². The van der Waals surface area contributed by atoms with Crippen LogP contribution in [0.3, 0.4) is 0 Å². The first-order valence-corrected chi connectivity index (χ1v) is 11.7. The Morgan fingerprint density at radius 3 is 2.59 bits per heavy atom. The molecule has 34 heavy (non-hydrogen) atoms. The van der Waals surface area contributed by atoms with Gasteiger partial charge in [0.25, 0.3) is 11.6 Å². The number of dihydropyridines is 1. The minimum absolute atomic E-state index is 0.0708. The second-order valence-electron chi connectivity index (χ2n) is 9.70. The number of carbonyl (C=O) groups is 1. The molecule has 7 nitrogen and oxygen atoms in total. The Labute approximate surface area is 197 Å². The Hall–Kier alpha value is -2.59. The largest absolute Gasteiger partial charge is 0.441 e. The quantitative estimate of drug-likeness (QED) is 0.557. The maximum Gasteiger partial charge on any atom is 0.441 e. The topological polar surface area (TPSA) is 92.5 Å². The summed E-state index contributed by atoms with van der Waals surface area (Å²) in [4.78, 5) is 19.2. The maximum atomic E-state index is 14.8. The van der Waals surface area contributed by atoms with Gasteiger partial charge in [-0.15, -0.1) is 0 Å². The first-order valence-electron chi connectivity index (χ1n) is 11.7. The van der Waals surface area contributed by atoms with Crippen molar-refractivity contribution in [2.45, 2.75) is 63.5 Å². The van der Waals surface area contributed by atoms with Gasteiger partial charge in [-0.2, -0.15) is 13.2 Å². The molecule has 3 atom stereocenters. The van der Waals surface area contributed by atoms with Crippen LogP contribution in [0.25, 0.3) is 5.57 Å². The average molecular weight is 480 g/mol. The fourth-order valence-electron chi connectivity index (χ4n) is 4.79. The van der Waals surface area contributed by atoms with E-state index >= 15 is 0 Å². The monoisotopic (exact) mass is 479 g/mol. The molecule has 3 aliphatic rings. The third-order valence-corrected chi connectivity index (χ3v) is 6.75. The molecular weight excluding hydrogens is 447 g/mol. The van der Waals surface area contributed by atoms with Gasteiger partial charge in [0.05, 0.1) is 11.3 Å². The molecule has 2 unspecified atom stereocenters. The predicted octanol–water partition coefficient (Wildman–Crippen LogP) is 2.91. The lowest BCUT2D eigenvalue weighted by Gasteiger charge is -2.43. The zero-order valence-corrected chi connectivity index (χ0v) is 19.7. The van der Waals surface area contributed by atoms with Crippen molar-refractivity contribution in [3.05, 3.63) is 47.6 Å². The maximum absolute atomic E-state index is 14.8. The molecule has 0 aromatic carbocycles. The summed E-state index contributed by atoms with van der Waals surface area (Å²) in [6, 6.07) is 2.93. The second kappa shape index (κ2) is 8.88. The van der Waals surface area contributed by atoms with E-state index < -0.39 is 23.3 Å². The highest BCUT2D eigenvalue weighted by molar-refractivity contribution is 6.02. The second-order valence-corrected chi connectivity index (χ2v) is 9.70. The number of amides is 1. The molecule has 4 N–H and O–H groups in total. The summed E-state index contributed by atoms with van der Waals surface area (Å²) in [6.07, 6.45) is 1.82. The van der Waals surface area contributed by atoms with Gasteiger partial charge in [-0.3, -0.25) is 9.78 Å². The molecule has 1 amide bonds. The number of rotatable bonds is 7. The minimum atomic E-state index is -4.82. The van der Waals surface area contributed by atoms with Gasteiger partial charge in [0.15, 0.2) is 0 Å². The fourth-order valence-corrected chi connectivity index (χ4v) is 4.79. The van der Waals surface area contributed by atoms with Crippen molar-refractivity contribution in [3.8, 4) is 0 Å². The van der Waals surface area contributed by atoms with E-state index in [-0.39, 0.29) is 35.1 Å². The van der Waals surface area contributed by atoms with Crippen LogP contribution in [0, 0.1) is 5.92 Å². The smallest absolute Gasteiger partial charge is 0.369 e. The van der Waals surface area contributed by atoms with E-state index in [1.165, 1.54) is 31.5 Å². The van der Waals surface area contributed by atoms with Gasteiger partial charge in [-0.05, 0) is 63.6 Å². The van der Waals surface area contributed by atoms with Gasteiger partial charge in [-0.25, -0.2) is 0 Å². The molecule has 186 valence electrons. The number of nitrogens with two attached hydrogens (primary N) is 1. The minimum Gasteiger partial charge on any atom is -0.369 e. The molecule has 1 aromatic rings. The highest BCUT2D eigenvalue weighted by Crippen LogP contribution is 2.48. The molecule has 10 heteroatoms. The van der Waals surface area contributed by atoms with Crippen LogP contribution >= 0.6 is 0 Å². The Bertz CT molecular complexity index is 988. The highest BCUT2D eigenvalue weighted by atomic mass is 19.4. The summed E-state index contributed by atoms with van der Waals surface area (Å²) in [6.45, 7) is 5.82. The number of ether oxygens (including phenoxy) is 1.